The molecule has 1 unspecified atom stereocenters. The number of hydrogen-bond acceptors (Lipinski definition) is 6. The minimum atomic E-state index is -0.867. The Morgan fingerprint density at radius 2 is 1.60 bits per heavy atom. The van der Waals surface area contributed by atoms with Crippen molar-refractivity contribution >= 4 is 23.4 Å². The predicted molar refractivity (Wildman–Crippen MR) is 183 cm³/mol. The molecular formula is C36H47ClF2N4O4. The van der Waals surface area contributed by atoms with E-state index < -0.39 is 23.6 Å². The van der Waals surface area contributed by atoms with Crippen molar-refractivity contribution in [1.82, 2.24) is 5.32 Å². The molecule has 3 aromatic carbocycles. The zero-order valence-corrected chi connectivity index (χ0v) is 28.2. The standard InChI is InChI=1S/C22H16ClF2NO3.C7H13NO.C5H11N.C2H7N/c1-28-15-8-7-12(22(26)27)19(21(15)25)18-13-9-16(11-5-3-2-4-6-11)29-17(13)10-14(24)20(18)23;8-7(9)6-4-2-1-3-5-6;6-4-5-2-1-3-5;1-3-2/h2-8,10,16H,9H2,1H3,(H2,26,27);6H,1-5H2,(H2,8,9);5H,1-4,6H2;3H,1-2H3. The summed E-state index contributed by atoms with van der Waals surface area (Å²) in [6.07, 6.45) is 9.82. The first kappa shape index (κ1) is 37.7. The third-order valence-corrected chi connectivity index (χ3v) is 8.89. The number of ether oxygens (including phenoxy) is 2. The lowest BCUT2D eigenvalue weighted by atomic mass is 9.86. The molecule has 0 spiro atoms. The number of carbonyl (C=O) groups is 2. The van der Waals surface area contributed by atoms with Gasteiger partial charge in [0, 0.05) is 35.1 Å². The van der Waals surface area contributed by atoms with Crippen LogP contribution in [0.4, 0.5) is 8.78 Å². The number of nitrogens with one attached hydrogen (secondary N) is 1. The largest absolute Gasteiger partial charge is 0.494 e. The number of methoxy groups -OCH3 is 1. The SMILES string of the molecule is CNC.COc1ccc(C(N)=O)c(-c2c(Cl)c(F)cc3c2CC(c2ccccc2)O3)c1F.NC(=O)C1CCCCC1.NCC1CCC1. The molecule has 6 rings (SSSR count). The van der Waals surface area contributed by atoms with Crippen LogP contribution in [0.3, 0.4) is 0 Å². The summed E-state index contributed by atoms with van der Waals surface area (Å²) in [5.74, 6) is -1.38. The molecule has 0 aromatic heterocycles. The van der Waals surface area contributed by atoms with Gasteiger partial charge in [0.25, 0.3) is 0 Å². The van der Waals surface area contributed by atoms with Gasteiger partial charge < -0.3 is 32.0 Å². The van der Waals surface area contributed by atoms with Crippen LogP contribution < -0.4 is 32.0 Å². The Kier molecular flexibility index (Phi) is 14.9. The summed E-state index contributed by atoms with van der Waals surface area (Å²) >= 11 is 6.26. The zero-order chi connectivity index (χ0) is 34.5. The summed E-state index contributed by atoms with van der Waals surface area (Å²) in [6, 6.07) is 13.2. The van der Waals surface area contributed by atoms with Crippen LogP contribution in [0.25, 0.3) is 11.1 Å². The topological polar surface area (TPSA) is 143 Å². The summed E-state index contributed by atoms with van der Waals surface area (Å²) < 4.78 is 40.8. The van der Waals surface area contributed by atoms with Crippen LogP contribution in [-0.4, -0.2) is 39.6 Å². The number of carbonyl (C=O) groups excluding carboxylic acids is 2. The summed E-state index contributed by atoms with van der Waals surface area (Å²) in [6.45, 7) is 0.917. The van der Waals surface area contributed by atoms with E-state index in [2.05, 4.69) is 5.32 Å². The van der Waals surface area contributed by atoms with Crippen molar-refractivity contribution in [2.45, 2.75) is 63.9 Å². The number of halogens is 3. The molecule has 0 radical (unpaired) electrons. The molecular weight excluding hydrogens is 626 g/mol. The average Bonchev–Trinajstić information content (AvgIpc) is 3.46. The lowest BCUT2D eigenvalue weighted by Crippen LogP contribution is -2.24. The Bertz CT molecular complexity index is 1480. The molecule has 256 valence electrons. The quantitative estimate of drug-likeness (QED) is 0.230. The van der Waals surface area contributed by atoms with Gasteiger partial charge in [-0.05, 0) is 69.9 Å². The second kappa shape index (κ2) is 18.6. The molecule has 3 aromatic rings. The molecule has 2 saturated carbocycles. The fourth-order valence-corrected chi connectivity index (χ4v) is 5.99. The highest BCUT2D eigenvalue weighted by atomic mass is 35.5. The van der Waals surface area contributed by atoms with E-state index in [0.29, 0.717) is 12.0 Å². The Morgan fingerprint density at radius 3 is 2.06 bits per heavy atom. The van der Waals surface area contributed by atoms with E-state index in [0.717, 1.165) is 30.9 Å². The van der Waals surface area contributed by atoms with Crippen molar-refractivity contribution in [3.63, 3.8) is 0 Å². The van der Waals surface area contributed by atoms with Crippen LogP contribution in [0.15, 0.2) is 48.5 Å². The monoisotopic (exact) mass is 672 g/mol. The van der Waals surface area contributed by atoms with Crippen molar-refractivity contribution in [2.24, 2.45) is 29.0 Å². The van der Waals surface area contributed by atoms with Crippen LogP contribution in [-0.2, 0) is 11.2 Å². The van der Waals surface area contributed by atoms with Gasteiger partial charge in [0.15, 0.2) is 11.6 Å². The zero-order valence-electron chi connectivity index (χ0n) is 27.4. The number of nitrogens with two attached hydrogens (primary N) is 3. The highest BCUT2D eigenvalue weighted by Crippen LogP contribution is 2.48. The van der Waals surface area contributed by atoms with Gasteiger partial charge in [-0.2, -0.15) is 0 Å². The third-order valence-electron chi connectivity index (χ3n) is 8.52. The number of benzene rings is 3. The van der Waals surface area contributed by atoms with E-state index >= 15 is 4.39 Å². The number of rotatable bonds is 6. The van der Waals surface area contributed by atoms with Gasteiger partial charge in [0.1, 0.15) is 17.7 Å². The molecule has 2 aliphatic carbocycles. The highest BCUT2D eigenvalue weighted by Gasteiger charge is 2.33. The lowest BCUT2D eigenvalue weighted by molar-refractivity contribution is -0.122. The highest BCUT2D eigenvalue weighted by molar-refractivity contribution is 6.34. The van der Waals surface area contributed by atoms with E-state index in [1.807, 2.05) is 44.4 Å². The van der Waals surface area contributed by atoms with Gasteiger partial charge in [-0.25, -0.2) is 8.78 Å². The maximum Gasteiger partial charge on any atom is 0.249 e. The molecule has 2 amide bonds. The molecule has 1 aliphatic heterocycles. The molecule has 11 heteroatoms. The number of fused-ring (bicyclic) bond motifs is 1. The first-order valence-electron chi connectivity index (χ1n) is 16.0. The van der Waals surface area contributed by atoms with Crippen molar-refractivity contribution in [1.29, 1.82) is 0 Å². The van der Waals surface area contributed by atoms with Crippen molar-refractivity contribution in [3.05, 3.63) is 81.9 Å². The summed E-state index contributed by atoms with van der Waals surface area (Å²) in [4.78, 5) is 22.6. The van der Waals surface area contributed by atoms with Gasteiger partial charge in [0.2, 0.25) is 11.8 Å². The average molecular weight is 673 g/mol. The van der Waals surface area contributed by atoms with Crippen LogP contribution >= 0.6 is 11.6 Å². The number of primary amides is 2. The Morgan fingerprint density at radius 1 is 0.957 bits per heavy atom. The van der Waals surface area contributed by atoms with Gasteiger partial charge in [0.05, 0.1) is 17.7 Å². The maximum atomic E-state index is 15.2. The molecule has 1 atom stereocenters. The van der Waals surface area contributed by atoms with Gasteiger partial charge in [-0.3, -0.25) is 9.59 Å². The normalized spacial score (nSPS) is 16.8. The van der Waals surface area contributed by atoms with Crippen molar-refractivity contribution < 1.29 is 27.8 Å². The fourth-order valence-electron chi connectivity index (χ4n) is 5.72. The maximum absolute atomic E-state index is 15.2. The van der Waals surface area contributed by atoms with Crippen LogP contribution in [0.5, 0.6) is 11.5 Å². The first-order chi connectivity index (χ1) is 22.6. The fraction of sp³-hybridized carbons (Fsp3) is 0.444. The minimum Gasteiger partial charge on any atom is -0.494 e. The molecule has 0 bridgehead atoms. The summed E-state index contributed by atoms with van der Waals surface area (Å²) in [5, 5.41) is 2.44. The van der Waals surface area contributed by atoms with Gasteiger partial charge >= 0.3 is 0 Å². The molecule has 3 aliphatic rings. The predicted octanol–water partition coefficient (Wildman–Crippen LogP) is 6.70. The molecule has 1 heterocycles. The van der Waals surface area contributed by atoms with Crippen molar-refractivity contribution in [3.8, 4) is 22.6 Å². The smallest absolute Gasteiger partial charge is 0.249 e. The Labute approximate surface area is 281 Å². The van der Waals surface area contributed by atoms with Gasteiger partial charge in [-0.15, -0.1) is 0 Å². The van der Waals surface area contributed by atoms with E-state index in [1.54, 1.807) is 0 Å². The second-order valence-electron chi connectivity index (χ2n) is 11.9. The lowest BCUT2D eigenvalue weighted by Gasteiger charge is -2.22. The van der Waals surface area contributed by atoms with E-state index in [9.17, 15) is 14.0 Å². The van der Waals surface area contributed by atoms with Crippen molar-refractivity contribution in [2.75, 3.05) is 27.7 Å². The van der Waals surface area contributed by atoms with Crippen LogP contribution in [0, 0.1) is 23.5 Å². The molecule has 7 N–H and O–H groups in total. The number of amides is 2. The Balaban J connectivity index is 0.000000270. The van der Waals surface area contributed by atoms with Gasteiger partial charge in [-0.1, -0.05) is 67.6 Å². The molecule has 2 fully saturated rings. The minimum absolute atomic E-state index is 0.0466. The van der Waals surface area contributed by atoms with E-state index in [-0.39, 0.29) is 45.0 Å². The first-order valence-corrected chi connectivity index (χ1v) is 16.4. The Hall–Kier alpha value is -3.73. The van der Waals surface area contributed by atoms with Crippen LogP contribution in [0.2, 0.25) is 5.02 Å². The summed E-state index contributed by atoms with van der Waals surface area (Å²) in [5.41, 5.74) is 17.0. The summed E-state index contributed by atoms with van der Waals surface area (Å²) in [7, 11) is 5.04. The van der Waals surface area contributed by atoms with Crippen LogP contribution in [0.1, 0.15) is 79.0 Å². The molecule has 8 nitrogen and oxygen atoms in total. The second-order valence-corrected chi connectivity index (χ2v) is 12.3. The molecule has 0 saturated heterocycles. The van der Waals surface area contributed by atoms with E-state index in [1.165, 1.54) is 63.8 Å². The third kappa shape index (κ3) is 9.89. The van der Waals surface area contributed by atoms with E-state index in [4.69, 9.17) is 38.3 Å². The number of hydrogen-bond donors (Lipinski definition) is 4. The molecule has 47 heavy (non-hydrogen) atoms.